The number of pyridine rings is 1. The molecule has 0 saturated carbocycles. The Bertz CT molecular complexity index is 457. The molecule has 0 aromatic carbocycles. The van der Waals surface area contributed by atoms with Crippen LogP contribution in [0, 0.1) is 5.92 Å². The summed E-state index contributed by atoms with van der Waals surface area (Å²) in [4.78, 5) is 18.5. The second-order valence-electron chi connectivity index (χ2n) is 5.40. The van der Waals surface area contributed by atoms with Crippen molar-refractivity contribution in [3.63, 3.8) is 0 Å². The van der Waals surface area contributed by atoms with Crippen LogP contribution < -0.4 is 16.0 Å². The lowest BCUT2D eigenvalue weighted by Crippen LogP contribution is -2.40. The van der Waals surface area contributed by atoms with Gasteiger partial charge in [0.15, 0.2) is 0 Å². The molecule has 2 rings (SSSR count). The number of morpholine rings is 1. The topological polar surface area (TPSA) is 80.5 Å². The molecule has 0 radical (unpaired) electrons. The SMILES string of the molecule is CCC(C)C(N)C(=O)Nc1ccc(N2CCOCC2)cn1. The van der Waals surface area contributed by atoms with Crippen LogP contribution in [0.2, 0.25) is 0 Å². The molecule has 2 heterocycles. The number of nitrogens with zero attached hydrogens (tertiary/aromatic N) is 2. The molecule has 0 aliphatic carbocycles. The average Bonchev–Trinajstić information content (AvgIpc) is 2.54. The van der Waals surface area contributed by atoms with Gasteiger partial charge in [-0.1, -0.05) is 20.3 Å². The molecule has 116 valence electrons. The van der Waals surface area contributed by atoms with E-state index in [1.165, 1.54) is 0 Å². The van der Waals surface area contributed by atoms with Crippen LogP contribution in [0.25, 0.3) is 0 Å². The second kappa shape index (κ2) is 7.38. The number of anilines is 2. The molecule has 0 spiro atoms. The molecule has 1 fully saturated rings. The molecule has 0 bridgehead atoms. The van der Waals surface area contributed by atoms with Gasteiger partial charge in [-0.25, -0.2) is 4.98 Å². The molecular formula is C15H24N4O2. The third-order valence-electron chi connectivity index (χ3n) is 3.94. The standard InChI is InChI=1S/C15H24N4O2/c1-3-11(2)14(16)15(20)18-13-5-4-12(10-17-13)19-6-8-21-9-7-19/h4-5,10-11,14H,3,6-9,16H2,1-2H3,(H,17,18,20). The number of rotatable bonds is 5. The molecule has 2 atom stereocenters. The van der Waals surface area contributed by atoms with Gasteiger partial charge in [-0.15, -0.1) is 0 Å². The van der Waals surface area contributed by atoms with Crippen LogP contribution in [-0.4, -0.2) is 43.2 Å². The van der Waals surface area contributed by atoms with E-state index in [4.69, 9.17) is 10.5 Å². The van der Waals surface area contributed by atoms with Crippen LogP contribution in [0.4, 0.5) is 11.5 Å². The van der Waals surface area contributed by atoms with Crippen LogP contribution in [-0.2, 0) is 9.53 Å². The van der Waals surface area contributed by atoms with Gasteiger partial charge >= 0.3 is 0 Å². The fourth-order valence-corrected chi connectivity index (χ4v) is 2.19. The van der Waals surface area contributed by atoms with Crippen molar-refractivity contribution < 1.29 is 9.53 Å². The number of aromatic nitrogens is 1. The van der Waals surface area contributed by atoms with Crippen LogP contribution in [0.5, 0.6) is 0 Å². The van der Waals surface area contributed by atoms with Gasteiger partial charge in [0.2, 0.25) is 5.91 Å². The van der Waals surface area contributed by atoms with E-state index in [1.54, 1.807) is 6.20 Å². The first kappa shape index (κ1) is 15.7. The molecule has 1 aromatic heterocycles. The Kier molecular flexibility index (Phi) is 5.52. The van der Waals surface area contributed by atoms with Gasteiger partial charge in [-0.2, -0.15) is 0 Å². The second-order valence-corrected chi connectivity index (χ2v) is 5.40. The summed E-state index contributed by atoms with van der Waals surface area (Å²) >= 11 is 0. The smallest absolute Gasteiger partial charge is 0.242 e. The lowest BCUT2D eigenvalue weighted by atomic mass is 9.99. The van der Waals surface area contributed by atoms with Crippen molar-refractivity contribution >= 4 is 17.4 Å². The minimum absolute atomic E-state index is 0.151. The van der Waals surface area contributed by atoms with Crippen molar-refractivity contribution in [1.29, 1.82) is 0 Å². The summed E-state index contributed by atoms with van der Waals surface area (Å²) in [5.41, 5.74) is 6.95. The van der Waals surface area contributed by atoms with E-state index in [9.17, 15) is 4.79 Å². The maximum atomic E-state index is 12.0. The Labute approximate surface area is 125 Å². The Morgan fingerprint density at radius 1 is 1.48 bits per heavy atom. The fraction of sp³-hybridized carbons (Fsp3) is 0.600. The van der Waals surface area contributed by atoms with Crippen molar-refractivity contribution in [3.05, 3.63) is 18.3 Å². The number of hydrogen-bond donors (Lipinski definition) is 2. The molecule has 3 N–H and O–H groups in total. The lowest BCUT2D eigenvalue weighted by Gasteiger charge is -2.28. The van der Waals surface area contributed by atoms with E-state index in [0.717, 1.165) is 38.4 Å². The predicted octanol–water partition coefficient (Wildman–Crippen LogP) is 1.23. The van der Waals surface area contributed by atoms with Gasteiger partial charge in [0.25, 0.3) is 0 Å². The van der Waals surface area contributed by atoms with E-state index < -0.39 is 6.04 Å². The highest BCUT2D eigenvalue weighted by molar-refractivity contribution is 5.94. The average molecular weight is 292 g/mol. The third-order valence-corrected chi connectivity index (χ3v) is 3.94. The highest BCUT2D eigenvalue weighted by Crippen LogP contribution is 2.17. The highest BCUT2D eigenvalue weighted by Gasteiger charge is 2.20. The fourth-order valence-electron chi connectivity index (χ4n) is 2.19. The first-order valence-corrected chi connectivity index (χ1v) is 7.47. The summed E-state index contributed by atoms with van der Waals surface area (Å²) in [5.74, 6) is 0.504. The molecule has 2 unspecified atom stereocenters. The summed E-state index contributed by atoms with van der Waals surface area (Å²) < 4.78 is 5.32. The number of carbonyl (C=O) groups is 1. The molecule has 1 aliphatic heterocycles. The monoisotopic (exact) mass is 292 g/mol. The summed E-state index contributed by atoms with van der Waals surface area (Å²) in [6, 6.07) is 3.27. The zero-order valence-electron chi connectivity index (χ0n) is 12.7. The Morgan fingerprint density at radius 2 is 2.19 bits per heavy atom. The van der Waals surface area contributed by atoms with Crippen molar-refractivity contribution in [3.8, 4) is 0 Å². The molecule has 1 aliphatic rings. The van der Waals surface area contributed by atoms with E-state index in [0.29, 0.717) is 5.82 Å². The van der Waals surface area contributed by atoms with Gasteiger partial charge in [-0.3, -0.25) is 4.79 Å². The lowest BCUT2D eigenvalue weighted by molar-refractivity contribution is -0.118. The van der Waals surface area contributed by atoms with Gasteiger partial charge < -0.3 is 20.7 Å². The normalized spacial score (nSPS) is 18.1. The molecular weight excluding hydrogens is 268 g/mol. The molecule has 6 heteroatoms. The third kappa shape index (κ3) is 4.15. The van der Waals surface area contributed by atoms with Gasteiger partial charge in [0.1, 0.15) is 5.82 Å². The number of ether oxygens (including phenoxy) is 1. The summed E-state index contributed by atoms with van der Waals surface area (Å²) in [6.07, 6.45) is 2.65. The first-order chi connectivity index (χ1) is 10.1. The van der Waals surface area contributed by atoms with Crippen LogP contribution in [0.3, 0.4) is 0 Å². The largest absolute Gasteiger partial charge is 0.378 e. The maximum absolute atomic E-state index is 12.0. The quantitative estimate of drug-likeness (QED) is 0.853. The Hall–Kier alpha value is -1.66. The van der Waals surface area contributed by atoms with Gasteiger partial charge in [0, 0.05) is 13.1 Å². The van der Waals surface area contributed by atoms with Gasteiger partial charge in [0.05, 0.1) is 31.1 Å². The van der Waals surface area contributed by atoms with E-state index >= 15 is 0 Å². The molecule has 1 aromatic rings. The molecule has 6 nitrogen and oxygen atoms in total. The van der Waals surface area contributed by atoms with Crippen LogP contribution in [0.15, 0.2) is 18.3 Å². The maximum Gasteiger partial charge on any atom is 0.242 e. The number of nitrogens with one attached hydrogen (secondary N) is 1. The first-order valence-electron chi connectivity index (χ1n) is 7.47. The number of carbonyl (C=O) groups excluding carboxylic acids is 1. The van der Waals surface area contributed by atoms with Crippen LogP contribution >= 0.6 is 0 Å². The van der Waals surface area contributed by atoms with E-state index in [2.05, 4.69) is 15.2 Å². The zero-order valence-corrected chi connectivity index (χ0v) is 12.7. The molecule has 21 heavy (non-hydrogen) atoms. The summed E-state index contributed by atoms with van der Waals surface area (Å²) in [7, 11) is 0. The molecule has 1 saturated heterocycles. The highest BCUT2D eigenvalue weighted by atomic mass is 16.5. The summed E-state index contributed by atoms with van der Waals surface area (Å²) in [5, 5.41) is 2.77. The van der Waals surface area contributed by atoms with Gasteiger partial charge in [-0.05, 0) is 18.1 Å². The zero-order chi connectivity index (χ0) is 15.2. The number of amides is 1. The van der Waals surface area contributed by atoms with Crippen LogP contribution in [0.1, 0.15) is 20.3 Å². The van der Waals surface area contributed by atoms with Crippen molar-refractivity contribution in [1.82, 2.24) is 4.98 Å². The number of hydrogen-bond acceptors (Lipinski definition) is 5. The molecule has 1 amide bonds. The van der Waals surface area contributed by atoms with Crippen molar-refractivity contribution in [2.24, 2.45) is 11.7 Å². The Morgan fingerprint density at radius 3 is 2.76 bits per heavy atom. The van der Waals surface area contributed by atoms with E-state index in [-0.39, 0.29) is 11.8 Å². The Balaban J connectivity index is 1.94. The summed E-state index contributed by atoms with van der Waals surface area (Å²) in [6.45, 7) is 7.20. The minimum atomic E-state index is -0.504. The van der Waals surface area contributed by atoms with E-state index in [1.807, 2.05) is 26.0 Å². The number of nitrogens with two attached hydrogens (primary N) is 1. The predicted molar refractivity (Wildman–Crippen MR) is 83.3 cm³/mol. The van der Waals surface area contributed by atoms with Crippen molar-refractivity contribution in [2.45, 2.75) is 26.3 Å². The van der Waals surface area contributed by atoms with Crippen molar-refractivity contribution in [2.75, 3.05) is 36.5 Å². The minimum Gasteiger partial charge on any atom is -0.378 e.